The molecule has 7 nitrogen and oxygen atoms in total. The summed E-state index contributed by atoms with van der Waals surface area (Å²) in [5, 5.41) is 7.00. The van der Waals surface area contributed by atoms with Gasteiger partial charge < -0.3 is 24.8 Å². The third-order valence-corrected chi connectivity index (χ3v) is 6.19. The smallest absolute Gasteiger partial charge is 0.316 e. The third kappa shape index (κ3) is 4.47. The Labute approximate surface area is 200 Å². The van der Waals surface area contributed by atoms with E-state index in [0.29, 0.717) is 30.1 Å². The Morgan fingerprint density at radius 1 is 1.12 bits per heavy atom. The van der Waals surface area contributed by atoms with E-state index in [9.17, 15) is 9.59 Å². The molecule has 0 saturated carbocycles. The lowest BCUT2D eigenvalue weighted by Crippen LogP contribution is -2.39. The topological polar surface area (TPSA) is 85.9 Å². The van der Waals surface area contributed by atoms with Gasteiger partial charge in [0.2, 0.25) is 0 Å². The average Bonchev–Trinajstić information content (AvgIpc) is 2.96. The van der Waals surface area contributed by atoms with Crippen molar-refractivity contribution in [2.75, 3.05) is 24.4 Å². The minimum atomic E-state index is -0.842. The fourth-order valence-electron chi connectivity index (χ4n) is 4.71. The van der Waals surface area contributed by atoms with Crippen molar-refractivity contribution >= 4 is 23.1 Å². The van der Waals surface area contributed by atoms with Crippen molar-refractivity contribution in [1.82, 2.24) is 0 Å². The van der Waals surface area contributed by atoms with Gasteiger partial charge in [-0.3, -0.25) is 9.59 Å². The van der Waals surface area contributed by atoms with Crippen molar-refractivity contribution in [1.29, 1.82) is 0 Å². The van der Waals surface area contributed by atoms with Crippen LogP contribution in [0.25, 0.3) is 0 Å². The van der Waals surface area contributed by atoms with Gasteiger partial charge in [0.1, 0.15) is 5.92 Å². The molecule has 7 heteroatoms. The monoisotopic (exact) mass is 464 g/mol. The standard InChI is InChI=1S/C27H32N2O5/c1-6-33-22-14-17(11-12-21(22)34-15(2)3)25-24-20(28-18-9-7-8-10-19(18)29-25)13-16(4)23(26(24)30)27(31)32-5/h7-12,14-16,23,25,28-29H,6,13H2,1-5H3. The molecule has 0 fully saturated rings. The van der Waals surface area contributed by atoms with Crippen LogP contribution in [-0.4, -0.2) is 31.6 Å². The first kappa shape index (κ1) is 23.7. The maximum Gasteiger partial charge on any atom is 0.316 e. The minimum Gasteiger partial charge on any atom is -0.490 e. The number of nitrogens with one attached hydrogen (secondary N) is 2. The van der Waals surface area contributed by atoms with Crippen molar-refractivity contribution in [3.63, 3.8) is 0 Å². The normalized spacial score (nSPS) is 21.6. The number of Topliss-reactive ketones (excluding diaryl/α,β-unsaturated/α-hetero) is 1. The predicted octanol–water partition coefficient (Wildman–Crippen LogP) is 5.10. The lowest BCUT2D eigenvalue weighted by atomic mass is 9.75. The van der Waals surface area contributed by atoms with Gasteiger partial charge in [-0.15, -0.1) is 0 Å². The zero-order valence-electron chi connectivity index (χ0n) is 20.3. The van der Waals surface area contributed by atoms with Gasteiger partial charge in [-0.25, -0.2) is 0 Å². The van der Waals surface area contributed by atoms with E-state index < -0.39 is 17.9 Å². The average molecular weight is 465 g/mol. The molecule has 0 spiro atoms. The number of hydrogen-bond donors (Lipinski definition) is 2. The SMILES string of the molecule is CCOc1cc(C2Nc3ccccc3NC3=C2C(=O)C(C(=O)OC)C(C)C3)ccc1OC(C)C. The van der Waals surface area contributed by atoms with Crippen LogP contribution in [0.1, 0.15) is 45.7 Å². The van der Waals surface area contributed by atoms with Gasteiger partial charge in [-0.2, -0.15) is 0 Å². The molecule has 34 heavy (non-hydrogen) atoms. The molecular formula is C27H32N2O5. The van der Waals surface area contributed by atoms with Crippen LogP contribution in [0.4, 0.5) is 11.4 Å². The summed E-state index contributed by atoms with van der Waals surface area (Å²) >= 11 is 0. The van der Waals surface area contributed by atoms with Gasteiger partial charge in [0.25, 0.3) is 0 Å². The molecule has 4 rings (SSSR count). The number of allylic oxidation sites excluding steroid dienone is 1. The summed E-state index contributed by atoms with van der Waals surface area (Å²) < 4.78 is 16.8. The lowest BCUT2D eigenvalue weighted by molar-refractivity contribution is -0.151. The maximum absolute atomic E-state index is 13.8. The molecular weight excluding hydrogens is 432 g/mol. The zero-order valence-corrected chi connectivity index (χ0v) is 20.3. The molecule has 0 aromatic heterocycles. The molecule has 0 amide bonds. The van der Waals surface area contributed by atoms with E-state index in [4.69, 9.17) is 14.2 Å². The molecule has 1 heterocycles. The van der Waals surface area contributed by atoms with Crippen LogP contribution >= 0.6 is 0 Å². The number of carbonyl (C=O) groups is 2. The Morgan fingerprint density at radius 3 is 2.53 bits per heavy atom. The van der Waals surface area contributed by atoms with Crippen molar-refractivity contribution in [3.8, 4) is 11.5 Å². The number of anilines is 2. The van der Waals surface area contributed by atoms with Gasteiger partial charge in [0.15, 0.2) is 17.3 Å². The molecule has 2 N–H and O–H groups in total. The molecule has 2 aromatic rings. The second-order valence-corrected chi connectivity index (χ2v) is 8.99. The molecule has 180 valence electrons. The van der Waals surface area contributed by atoms with Gasteiger partial charge in [-0.1, -0.05) is 25.1 Å². The number of benzene rings is 2. The van der Waals surface area contributed by atoms with Gasteiger partial charge >= 0.3 is 5.97 Å². The molecule has 1 aliphatic heterocycles. The molecule has 3 atom stereocenters. The number of ether oxygens (including phenoxy) is 3. The van der Waals surface area contributed by atoms with Crippen LogP contribution in [0.5, 0.6) is 11.5 Å². The first-order valence-corrected chi connectivity index (χ1v) is 11.7. The summed E-state index contributed by atoms with van der Waals surface area (Å²) in [6.45, 7) is 8.24. The second kappa shape index (κ2) is 9.79. The molecule has 2 aromatic carbocycles. The summed E-state index contributed by atoms with van der Waals surface area (Å²) in [4.78, 5) is 26.3. The first-order chi connectivity index (χ1) is 16.3. The molecule has 2 aliphatic rings. The van der Waals surface area contributed by atoms with Crippen molar-refractivity contribution in [2.45, 2.75) is 46.3 Å². The van der Waals surface area contributed by atoms with E-state index in [2.05, 4.69) is 10.6 Å². The third-order valence-electron chi connectivity index (χ3n) is 6.19. The Bertz CT molecular complexity index is 1120. The van der Waals surface area contributed by atoms with Crippen molar-refractivity contribution < 1.29 is 23.8 Å². The number of methoxy groups -OCH3 is 1. The highest BCUT2D eigenvalue weighted by Crippen LogP contribution is 2.45. The van der Waals surface area contributed by atoms with Crippen molar-refractivity contribution in [2.24, 2.45) is 11.8 Å². The van der Waals surface area contributed by atoms with Gasteiger partial charge in [-0.05, 0) is 62.9 Å². The highest BCUT2D eigenvalue weighted by atomic mass is 16.5. The Morgan fingerprint density at radius 2 is 1.85 bits per heavy atom. The van der Waals surface area contributed by atoms with Gasteiger partial charge in [0.05, 0.1) is 37.2 Å². The van der Waals surface area contributed by atoms with Crippen LogP contribution in [0.2, 0.25) is 0 Å². The van der Waals surface area contributed by atoms with E-state index in [1.807, 2.05) is 70.2 Å². The number of ketones is 1. The number of fused-ring (bicyclic) bond motifs is 1. The number of carbonyl (C=O) groups excluding carboxylic acids is 2. The van der Waals surface area contributed by atoms with E-state index >= 15 is 0 Å². The molecule has 3 unspecified atom stereocenters. The molecule has 0 radical (unpaired) electrons. The molecule has 1 aliphatic carbocycles. The van der Waals surface area contributed by atoms with Crippen LogP contribution in [0, 0.1) is 11.8 Å². The fourth-order valence-corrected chi connectivity index (χ4v) is 4.71. The van der Waals surface area contributed by atoms with E-state index in [0.717, 1.165) is 22.6 Å². The summed E-state index contributed by atoms with van der Waals surface area (Å²) in [6, 6.07) is 13.1. The van der Waals surface area contributed by atoms with Crippen LogP contribution in [-0.2, 0) is 14.3 Å². The Balaban J connectivity index is 1.85. The Hall–Kier alpha value is -3.48. The second-order valence-electron chi connectivity index (χ2n) is 8.99. The largest absolute Gasteiger partial charge is 0.490 e. The highest BCUT2D eigenvalue weighted by Gasteiger charge is 2.44. The minimum absolute atomic E-state index is 0.00586. The highest BCUT2D eigenvalue weighted by molar-refractivity contribution is 6.11. The first-order valence-electron chi connectivity index (χ1n) is 11.7. The van der Waals surface area contributed by atoms with E-state index in [1.165, 1.54) is 7.11 Å². The zero-order chi connectivity index (χ0) is 24.4. The van der Waals surface area contributed by atoms with Gasteiger partial charge in [0, 0.05) is 11.3 Å². The maximum atomic E-state index is 13.8. The van der Waals surface area contributed by atoms with Crippen LogP contribution in [0.3, 0.4) is 0 Å². The fraction of sp³-hybridized carbons (Fsp3) is 0.407. The Kier molecular flexibility index (Phi) is 6.82. The quantitative estimate of drug-likeness (QED) is 0.454. The molecule has 0 bridgehead atoms. The number of rotatable bonds is 6. The van der Waals surface area contributed by atoms with Crippen LogP contribution in [0.15, 0.2) is 53.7 Å². The molecule has 0 saturated heterocycles. The van der Waals surface area contributed by atoms with Crippen LogP contribution < -0.4 is 20.1 Å². The summed E-state index contributed by atoms with van der Waals surface area (Å²) in [5.41, 5.74) is 3.97. The predicted molar refractivity (Wildman–Crippen MR) is 131 cm³/mol. The van der Waals surface area contributed by atoms with Crippen molar-refractivity contribution in [3.05, 3.63) is 59.3 Å². The number of hydrogen-bond acceptors (Lipinski definition) is 7. The van der Waals surface area contributed by atoms with E-state index in [-0.39, 0.29) is 17.8 Å². The summed E-state index contributed by atoms with van der Waals surface area (Å²) in [6.07, 6.45) is 0.550. The number of para-hydroxylation sites is 2. The summed E-state index contributed by atoms with van der Waals surface area (Å²) in [7, 11) is 1.32. The van der Waals surface area contributed by atoms with E-state index in [1.54, 1.807) is 0 Å². The lowest BCUT2D eigenvalue weighted by Gasteiger charge is -2.32. The summed E-state index contributed by atoms with van der Waals surface area (Å²) in [5.74, 6) is -0.481. The number of esters is 1.